The Hall–Kier alpha value is -2.63. The fourth-order valence-corrected chi connectivity index (χ4v) is 0.775. The molecule has 0 aliphatic rings. The minimum atomic E-state index is -0.828. The van der Waals surface area contributed by atoms with E-state index in [2.05, 4.69) is 19.7 Å². The molecule has 0 saturated carbocycles. The van der Waals surface area contributed by atoms with Crippen molar-refractivity contribution in [3.05, 3.63) is 48.2 Å². The molecule has 114 valence electrons. The summed E-state index contributed by atoms with van der Waals surface area (Å²) in [7, 11) is 0. The van der Waals surface area contributed by atoms with Gasteiger partial charge in [0.1, 0.15) is 0 Å². The van der Waals surface area contributed by atoms with E-state index in [4.69, 9.17) is 14.2 Å². The van der Waals surface area contributed by atoms with Crippen LogP contribution in [0.1, 0.15) is 27.7 Å². The first-order valence-electron chi connectivity index (χ1n) is 5.90. The fourth-order valence-electron chi connectivity index (χ4n) is 0.775. The van der Waals surface area contributed by atoms with Crippen LogP contribution < -0.4 is 0 Å². The summed E-state index contributed by atoms with van der Waals surface area (Å²) in [5.74, 6) is -3.16. The van der Waals surface area contributed by atoms with Crippen molar-refractivity contribution in [1.29, 1.82) is 0 Å². The van der Waals surface area contributed by atoms with Gasteiger partial charge in [-0.15, -0.1) is 0 Å². The first-order chi connectivity index (χ1) is 9.56. The van der Waals surface area contributed by atoms with E-state index in [0.717, 1.165) is 0 Å². The van der Waals surface area contributed by atoms with Crippen molar-refractivity contribution >= 4 is 17.9 Å². The van der Waals surface area contributed by atoms with Crippen LogP contribution in [0, 0.1) is 0 Å². The highest BCUT2D eigenvalue weighted by Crippen LogP contribution is 2.15. The highest BCUT2D eigenvalue weighted by atomic mass is 16.7. The van der Waals surface area contributed by atoms with E-state index in [1.807, 2.05) is 0 Å². The molecule has 0 aromatic carbocycles. The molecule has 0 fully saturated rings. The monoisotopic (exact) mass is 294 g/mol. The molecular weight excluding hydrogens is 276 g/mol. The number of rotatable bonds is 6. The smallest absolute Gasteiger partial charge is 0.340 e. The van der Waals surface area contributed by atoms with Gasteiger partial charge in [-0.3, -0.25) is 0 Å². The van der Waals surface area contributed by atoms with Crippen molar-refractivity contribution in [3.8, 4) is 0 Å². The number of carbonyl (C=O) groups excluding carboxylic acids is 3. The Morgan fingerprint density at radius 2 is 0.905 bits per heavy atom. The van der Waals surface area contributed by atoms with E-state index in [-0.39, 0.29) is 22.5 Å². The summed E-state index contributed by atoms with van der Waals surface area (Å²) < 4.78 is 14.5. The van der Waals surface area contributed by atoms with Gasteiger partial charge in [0, 0.05) is 23.6 Å². The predicted octanol–water partition coefficient (Wildman–Crippen LogP) is 2.53. The maximum absolute atomic E-state index is 11.5. The van der Waals surface area contributed by atoms with Gasteiger partial charge in [-0.05, 0) is 20.8 Å². The van der Waals surface area contributed by atoms with Crippen LogP contribution in [0.15, 0.2) is 48.2 Å². The number of allylic oxidation sites excluding steroid dienone is 1. The second-order valence-corrected chi connectivity index (χ2v) is 4.35. The Bertz CT molecular complexity index is 521. The Morgan fingerprint density at radius 3 is 1.19 bits per heavy atom. The highest BCUT2D eigenvalue weighted by molar-refractivity contribution is 5.90. The predicted molar refractivity (Wildman–Crippen MR) is 75.4 cm³/mol. The summed E-state index contributed by atoms with van der Waals surface area (Å²) in [5, 5.41) is 0. The minimum absolute atomic E-state index is 0.0814. The lowest BCUT2D eigenvalue weighted by atomic mass is 10.3. The van der Waals surface area contributed by atoms with Crippen LogP contribution in [0.25, 0.3) is 0 Å². The fraction of sp³-hybridized carbons (Fsp3) is 0.267. The third-order valence-electron chi connectivity index (χ3n) is 1.95. The normalized spacial score (nSPS) is 9.14. The van der Waals surface area contributed by atoms with Crippen molar-refractivity contribution in [1.82, 2.24) is 0 Å². The van der Waals surface area contributed by atoms with Crippen molar-refractivity contribution < 1.29 is 28.6 Å². The Labute approximate surface area is 123 Å². The lowest BCUT2D eigenvalue weighted by molar-refractivity contribution is -0.152. The first-order valence-corrected chi connectivity index (χ1v) is 5.90. The second kappa shape index (κ2) is 7.84. The molecule has 0 atom stereocenters. The van der Waals surface area contributed by atoms with E-state index in [0.29, 0.717) is 0 Å². The van der Waals surface area contributed by atoms with Gasteiger partial charge in [-0.25, -0.2) is 14.4 Å². The molecule has 0 heterocycles. The van der Waals surface area contributed by atoms with Crippen LogP contribution in [0.4, 0.5) is 0 Å². The molecule has 0 aromatic rings. The topological polar surface area (TPSA) is 78.9 Å². The van der Waals surface area contributed by atoms with Gasteiger partial charge in [0.05, 0.1) is 0 Å². The van der Waals surface area contributed by atoms with Crippen LogP contribution in [0.2, 0.25) is 0 Å². The van der Waals surface area contributed by atoms with Gasteiger partial charge < -0.3 is 14.2 Å². The zero-order chi connectivity index (χ0) is 16.7. The summed E-state index contributed by atoms with van der Waals surface area (Å²) >= 11 is 0. The van der Waals surface area contributed by atoms with E-state index >= 15 is 0 Å². The average Bonchev–Trinajstić information content (AvgIpc) is 2.36. The second-order valence-electron chi connectivity index (χ2n) is 4.35. The summed E-state index contributed by atoms with van der Waals surface area (Å²) in [6.45, 7) is 15.8. The standard InChI is InChI=1S/C15H18O6/c1-8(2)12(16)19-11(7)15(20-13(17)9(3)4)21-14(18)10(5)6/h1,3,5H2,2,4,6-7H3. The SMILES string of the molecule is C=C(C)C(=O)OC(C)=C(OC(=O)C(=C)C)OC(=O)C(=C)C. The molecule has 0 radical (unpaired) electrons. The number of carbonyl (C=O) groups is 3. The third kappa shape index (κ3) is 6.38. The van der Waals surface area contributed by atoms with Crippen LogP contribution in [0.5, 0.6) is 0 Å². The largest absolute Gasteiger partial charge is 0.420 e. The summed E-state index contributed by atoms with van der Waals surface area (Å²) in [4.78, 5) is 34.4. The molecule has 0 aromatic heterocycles. The van der Waals surface area contributed by atoms with Crippen LogP contribution in [0.3, 0.4) is 0 Å². The summed E-state index contributed by atoms with van der Waals surface area (Å²) in [6.07, 6.45) is 0. The molecule has 6 nitrogen and oxygen atoms in total. The van der Waals surface area contributed by atoms with E-state index in [1.165, 1.54) is 27.7 Å². The number of esters is 3. The Kier molecular flexibility index (Phi) is 6.86. The zero-order valence-corrected chi connectivity index (χ0v) is 12.6. The average molecular weight is 294 g/mol. The van der Waals surface area contributed by atoms with Gasteiger partial charge in [0.2, 0.25) is 0 Å². The lowest BCUT2D eigenvalue weighted by Crippen LogP contribution is -2.15. The van der Waals surface area contributed by atoms with Crippen LogP contribution in [-0.4, -0.2) is 17.9 Å². The molecular formula is C15H18O6. The number of hydrogen-bond donors (Lipinski definition) is 0. The van der Waals surface area contributed by atoms with Crippen LogP contribution in [-0.2, 0) is 28.6 Å². The molecule has 0 rings (SSSR count). The first kappa shape index (κ1) is 18.4. The Morgan fingerprint density at radius 1 is 0.619 bits per heavy atom. The van der Waals surface area contributed by atoms with Crippen LogP contribution >= 0.6 is 0 Å². The van der Waals surface area contributed by atoms with E-state index < -0.39 is 23.9 Å². The molecule has 6 heteroatoms. The van der Waals surface area contributed by atoms with Crippen molar-refractivity contribution in [3.63, 3.8) is 0 Å². The summed E-state index contributed by atoms with van der Waals surface area (Å²) in [6, 6.07) is 0. The van der Waals surface area contributed by atoms with E-state index in [1.54, 1.807) is 0 Å². The molecule has 0 unspecified atom stereocenters. The molecule has 21 heavy (non-hydrogen) atoms. The highest BCUT2D eigenvalue weighted by Gasteiger charge is 2.20. The maximum atomic E-state index is 11.5. The molecule has 0 N–H and O–H groups in total. The molecule has 0 spiro atoms. The Balaban J connectivity index is 5.35. The minimum Gasteiger partial charge on any atom is -0.420 e. The van der Waals surface area contributed by atoms with Gasteiger partial charge >= 0.3 is 23.9 Å². The molecule has 0 aliphatic carbocycles. The molecule has 0 amide bonds. The molecule has 0 saturated heterocycles. The number of hydrogen-bond acceptors (Lipinski definition) is 6. The number of ether oxygens (including phenoxy) is 3. The molecule has 0 aliphatic heterocycles. The van der Waals surface area contributed by atoms with Crippen molar-refractivity contribution in [2.24, 2.45) is 0 Å². The van der Waals surface area contributed by atoms with E-state index in [9.17, 15) is 14.4 Å². The van der Waals surface area contributed by atoms with Crippen molar-refractivity contribution in [2.45, 2.75) is 27.7 Å². The van der Waals surface area contributed by atoms with Gasteiger partial charge in [-0.2, -0.15) is 0 Å². The maximum Gasteiger partial charge on any atom is 0.340 e. The quantitative estimate of drug-likeness (QED) is 0.425. The summed E-state index contributed by atoms with van der Waals surface area (Å²) in [5.41, 5.74) is 0.293. The molecule has 0 bridgehead atoms. The van der Waals surface area contributed by atoms with Gasteiger partial charge in [0.15, 0.2) is 5.76 Å². The van der Waals surface area contributed by atoms with Gasteiger partial charge in [0.25, 0.3) is 0 Å². The third-order valence-corrected chi connectivity index (χ3v) is 1.95. The van der Waals surface area contributed by atoms with Crippen molar-refractivity contribution in [2.75, 3.05) is 0 Å². The zero-order valence-electron chi connectivity index (χ0n) is 12.6. The van der Waals surface area contributed by atoms with Gasteiger partial charge in [-0.1, -0.05) is 19.7 Å². The lowest BCUT2D eigenvalue weighted by Gasteiger charge is -2.12.